The largest absolute Gasteiger partial charge is 0.457 e. The smallest absolute Gasteiger partial charge is 0.338 e. The zero-order valence-corrected chi connectivity index (χ0v) is 10.3. The lowest BCUT2D eigenvalue weighted by Gasteiger charge is -2.05. The molecule has 0 amide bonds. The zero-order chi connectivity index (χ0) is 13.8. The normalized spacial score (nSPS) is 10.3. The number of halogens is 3. The molecule has 0 saturated carbocycles. The van der Waals surface area contributed by atoms with Crippen molar-refractivity contribution in [1.29, 1.82) is 0 Å². The summed E-state index contributed by atoms with van der Waals surface area (Å²) in [5.74, 6) is -2.48. The second-order valence-corrected chi connectivity index (χ2v) is 4.11. The molecule has 3 nitrogen and oxygen atoms in total. The van der Waals surface area contributed by atoms with Crippen LogP contribution in [0.25, 0.3) is 0 Å². The summed E-state index contributed by atoms with van der Waals surface area (Å²) in [5, 5.41) is 0.322. The number of hydrogen-bond donors (Lipinski definition) is 0. The van der Waals surface area contributed by atoms with Crippen LogP contribution in [0.1, 0.15) is 15.9 Å². The number of esters is 1. The molecule has 19 heavy (non-hydrogen) atoms. The van der Waals surface area contributed by atoms with E-state index in [9.17, 15) is 13.6 Å². The van der Waals surface area contributed by atoms with Crippen LogP contribution in [0.2, 0.25) is 5.15 Å². The molecule has 0 aliphatic rings. The summed E-state index contributed by atoms with van der Waals surface area (Å²) < 4.78 is 30.8. The van der Waals surface area contributed by atoms with Gasteiger partial charge in [-0.25, -0.2) is 18.6 Å². The Kier molecular flexibility index (Phi) is 4.06. The summed E-state index contributed by atoms with van der Waals surface area (Å²) in [7, 11) is 0. The Morgan fingerprint density at radius 3 is 2.47 bits per heavy atom. The molecule has 0 aliphatic carbocycles. The second kappa shape index (κ2) is 5.75. The number of benzene rings is 1. The van der Waals surface area contributed by atoms with Crippen molar-refractivity contribution in [2.45, 2.75) is 6.61 Å². The number of hydrogen-bond acceptors (Lipinski definition) is 3. The van der Waals surface area contributed by atoms with Gasteiger partial charge in [-0.1, -0.05) is 17.7 Å². The second-order valence-electron chi connectivity index (χ2n) is 3.72. The van der Waals surface area contributed by atoms with Gasteiger partial charge in [-0.3, -0.25) is 0 Å². The van der Waals surface area contributed by atoms with E-state index in [4.69, 9.17) is 16.3 Å². The van der Waals surface area contributed by atoms with Crippen LogP contribution in [-0.2, 0) is 11.3 Å². The Morgan fingerprint density at radius 1 is 1.21 bits per heavy atom. The van der Waals surface area contributed by atoms with Gasteiger partial charge in [0, 0.05) is 17.8 Å². The summed E-state index contributed by atoms with van der Waals surface area (Å²) in [6.45, 7) is -0.0544. The van der Waals surface area contributed by atoms with Crippen molar-refractivity contribution < 1.29 is 18.3 Å². The van der Waals surface area contributed by atoms with Gasteiger partial charge in [0.25, 0.3) is 0 Å². The van der Waals surface area contributed by atoms with Crippen molar-refractivity contribution in [3.63, 3.8) is 0 Å². The lowest BCUT2D eigenvalue weighted by molar-refractivity contribution is 0.0471. The zero-order valence-electron chi connectivity index (χ0n) is 9.57. The van der Waals surface area contributed by atoms with E-state index in [1.165, 1.54) is 6.20 Å². The third-order valence-corrected chi connectivity index (χ3v) is 2.48. The van der Waals surface area contributed by atoms with E-state index in [1.54, 1.807) is 12.1 Å². The molecule has 0 saturated heterocycles. The van der Waals surface area contributed by atoms with E-state index in [1.807, 2.05) is 0 Å². The van der Waals surface area contributed by atoms with E-state index in [0.29, 0.717) is 16.8 Å². The van der Waals surface area contributed by atoms with Crippen LogP contribution in [0, 0.1) is 11.6 Å². The molecule has 6 heteroatoms. The molecular weight excluding hydrogens is 276 g/mol. The molecule has 0 N–H and O–H groups in total. The van der Waals surface area contributed by atoms with E-state index in [2.05, 4.69) is 4.98 Å². The number of aromatic nitrogens is 1. The molecule has 0 fully saturated rings. The van der Waals surface area contributed by atoms with Gasteiger partial charge < -0.3 is 4.74 Å². The van der Waals surface area contributed by atoms with Crippen molar-refractivity contribution in [2.75, 3.05) is 0 Å². The molecule has 0 radical (unpaired) electrons. The van der Waals surface area contributed by atoms with Crippen molar-refractivity contribution in [3.05, 3.63) is 64.4 Å². The van der Waals surface area contributed by atoms with Crippen LogP contribution in [0.3, 0.4) is 0 Å². The SMILES string of the molecule is O=C(OCc1ccc(Cl)nc1)c1cc(F)cc(F)c1. The van der Waals surface area contributed by atoms with Gasteiger partial charge in [0.05, 0.1) is 5.56 Å². The number of carbonyl (C=O) groups excluding carboxylic acids is 1. The van der Waals surface area contributed by atoms with Crippen molar-refractivity contribution >= 4 is 17.6 Å². The summed E-state index contributed by atoms with van der Waals surface area (Å²) in [4.78, 5) is 15.4. The van der Waals surface area contributed by atoms with Crippen molar-refractivity contribution in [1.82, 2.24) is 4.98 Å². The number of pyridine rings is 1. The first kappa shape index (κ1) is 13.4. The maximum Gasteiger partial charge on any atom is 0.338 e. The third kappa shape index (κ3) is 3.72. The Bertz CT molecular complexity index is 582. The molecule has 2 aromatic rings. The minimum Gasteiger partial charge on any atom is -0.457 e. The van der Waals surface area contributed by atoms with E-state index in [0.717, 1.165) is 12.1 Å². The van der Waals surface area contributed by atoms with Crippen LogP contribution in [0.4, 0.5) is 8.78 Å². The summed E-state index contributed by atoms with van der Waals surface area (Å²) in [6, 6.07) is 5.68. The third-order valence-electron chi connectivity index (χ3n) is 2.26. The van der Waals surface area contributed by atoms with Crippen molar-refractivity contribution in [3.8, 4) is 0 Å². The number of rotatable bonds is 3. The highest BCUT2D eigenvalue weighted by molar-refractivity contribution is 6.29. The molecule has 0 spiro atoms. The molecular formula is C13H8ClF2NO2. The molecule has 1 aromatic carbocycles. The Hall–Kier alpha value is -2.01. The average molecular weight is 284 g/mol. The van der Waals surface area contributed by atoms with E-state index >= 15 is 0 Å². The molecule has 0 bridgehead atoms. The summed E-state index contributed by atoms with van der Waals surface area (Å²) in [6.07, 6.45) is 1.45. The van der Waals surface area contributed by atoms with Gasteiger partial charge >= 0.3 is 5.97 Å². The van der Waals surface area contributed by atoms with E-state index < -0.39 is 17.6 Å². The van der Waals surface area contributed by atoms with Gasteiger partial charge in [-0.15, -0.1) is 0 Å². The van der Waals surface area contributed by atoms with Crippen LogP contribution in [0.5, 0.6) is 0 Å². The van der Waals surface area contributed by atoms with Gasteiger partial charge in [0.1, 0.15) is 23.4 Å². The van der Waals surface area contributed by atoms with Gasteiger partial charge in [-0.05, 0) is 18.2 Å². The first-order valence-electron chi connectivity index (χ1n) is 5.28. The lowest BCUT2D eigenvalue weighted by atomic mass is 10.2. The topological polar surface area (TPSA) is 39.2 Å². The van der Waals surface area contributed by atoms with E-state index in [-0.39, 0.29) is 12.2 Å². The maximum absolute atomic E-state index is 12.9. The number of nitrogens with zero attached hydrogens (tertiary/aromatic N) is 1. The summed E-state index contributed by atoms with van der Waals surface area (Å²) >= 11 is 5.60. The lowest BCUT2D eigenvalue weighted by Crippen LogP contribution is -2.06. The van der Waals surface area contributed by atoms with Crippen molar-refractivity contribution in [2.24, 2.45) is 0 Å². The number of carbonyl (C=O) groups is 1. The molecule has 0 atom stereocenters. The molecule has 98 valence electrons. The minimum absolute atomic E-state index is 0.0544. The Morgan fingerprint density at radius 2 is 1.89 bits per heavy atom. The highest BCUT2D eigenvalue weighted by Crippen LogP contribution is 2.11. The monoisotopic (exact) mass is 283 g/mol. The van der Waals surface area contributed by atoms with Gasteiger partial charge in [0.2, 0.25) is 0 Å². The quantitative estimate of drug-likeness (QED) is 0.640. The molecule has 0 unspecified atom stereocenters. The van der Waals surface area contributed by atoms with Gasteiger partial charge in [-0.2, -0.15) is 0 Å². The van der Waals surface area contributed by atoms with Gasteiger partial charge in [0.15, 0.2) is 0 Å². The first-order valence-corrected chi connectivity index (χ1v) is 5.66. The van der Waals surface area contributed by atoms with Crippen LogP contribution >= 0.6 is 11.6 Å². The summed E-state index contributed by atoms with van der Waals surface area (Å²) in [5.41, 5.74) is 0.439. The molecule has 0 aliphatic heterocycles. The fourth-order valence-electron chi connectivity index (χ4n) is 1.40. The molecule has 2 rings (SSSR count). The predicted molar refractivity (Wildman–Crippen MR) is 64.7 cm³/mol. The molecule has 1 heterocycles. The number of ether oxygens (including phenoxy) is 1. The predicted octanol–water partition coefficient (Wildman–Crippen LogP) is 3.37. The van der Waals surface area contributed by atoms with Crippen LogP contribution in [-0.4, -0.2) is 11.0 Å². The molecule has 1 aromatic heterocycles. The Labute approximate surface area is 112 Å². The fourth-order valence-corrected chi connectivity index (χ4v) is 1.51. The highest BCUT2D eigenvalue weighted by atomic mass is 35.5. The average Bonchev–Trinajstić information content (AvgIpc) is 2.36. The highest BCUT2D eigenvalue weighted by Gasteiger charge is 2.10. The van der Waals surface area contributed by atoms with Crippen LogP contribution < -0.4 is 0 Å². The van der Waals surface area contributed by atoms with Crippen LogP contribution in [0.15, 0.2) is 36.5 Å². The standard InChI is InChI=1S/C13H8ClF2NO2/c14-12-2-1-8(6-17-12)7-19-13(18)9-3-10(15)5-11(16)4-9/h1-6H,7H2. The first-order chi connectivity index (χ1) is 9.04. The minimum atomic E-state index is -0.833. The maximum atomic E-state index is 12.9. The Balaban J connectivity index is 2.03. The fraction of sp³-hybridized carbons (Fsp3) is 0.0769.